The van der Waals surface area contributed by atoms with Crippen LogP contribution in [0, 0.1) is 5.92 Å². The van der Waals surface area contributed by atoms with Crippen molar-refractivity contribution in [3.8, 4) is 5.75 Å². The maximum Gasteiger partial charge on any atom is 0.204 e. The highest BCUT2D eigenvalue weighted by Crippen LogP contribution is 2.52. The Hall–Kier alpha value is -4.50. The van der Waals surface area contributed by atoms with Gasteiger partial charge in [0.15, 0.2) is 0 Å². The van der Waals surface area contributed by atoms with Crippen LogP contribution in [0.5, 0.6) is 5.75 Å². The third kappa shape index (κ3) is 2.89. The number of ether oxygens (including phenoxy) is 1. The van der Waals surface area contributed by atoms with E-state index in [1.807, 2.05) is 0 Å². The topological polar surface area (TPSA) is 14.2 Å². The number of nitrogens with zero attached hydrogens (tertiary/aromatic N) is 1. The Bertz CT molecular complexity index is 2030. The normalized spacial score (nSPS) is 29.2. The molecule has 4 aliphatic carbocycles. The standard InChI is InChI=1S/C38H28BNO/c1-3-11-26-23(9-1)21-24-10-2-4-12-27(24)36(26)25-17-19-32-29(22-25)28-18-20-35-37-38(28)40(32)33-15-7-5-13-30(33)39(37)31-14-6-8-16-34(31)41-35/h1-22,26,30-31,33-34,36H. The molecule has 0 N–H and O–H groups in total. The van der Waals surface area contributed by atoms with Gasteiger partial charge in [-0.3, -0.25) is 0 Å². The second kappa shape index (κ2) is 8.04. The van der Waals surface area contributed by atoms with E-state index in [2.05, 4.69) is 138 Å². The fourth-order valence-corrected chi connectivity index (χ4v) is 8.84. The number of fused-ring (bicyclic) bond motifs is 10. The van der Waals surface area contributed by atoms with Crippen molar-refractivity contribution in [2.24, 2.45) is 5.92 Å². The van der Waals surface area contributed by atoms with Crippen LogP contribution in [0.3, 0.4) is 0 Å². The molecule has 4 aromatic rings. The van der Waals surface area contributed by atoms with Gasteiger partial charge >= 0.3 is 0 Å². The maximum atomic E-state index is 6.68. The number of rotatable bonds is 1. The Morgan fingerprint density at radius 1 is 0.732 bits per heavy atom. The average molecular weight is 525 g/mol. The fourth-order valence-electron chi connectivity index (χ4n) is 8.84. The van der Waals surface area contributed by atoms with Gasteiger partial charge in [0.05, 0.1) is 6.04 Å². The smallest absolute Gasteiger partial charge is 0.204 e. The van der Waals surface area contributed by atoms with E-state index < -0.39 is 0 Å². The van der Waals surface area contributed by atoms with Crippen molar-refractivity contribution in [1.29, 1.82) is 0 Å². The summed E-state index contributed by atoms with van der Waals surface area (Å²) in [7, 11) is 0. The number of allylic oxidation sites excluding steroid dienone is 11. The lowest BCUT2D eigenvalue weighted by atomic mass is 9.26. The zero-order chi connectivity index (χ0) is 26.7. The van der Waals surface area contributed by atoms with Crippen LogP contribution in [0.15, 0.2) is 133 Å². The maximum absolute atomic E-state index is 6.68. The minimum Gasteiger partial charge on any atom is -0.487 e. The Morgan fingerprint density at radius 2 is 1.59 bits per heavy atom. The molecule has 3 aromatic carbocycles. The molecular formula is C38H28BNO. The summed E-state index contributed by atoms with van der Waals surface area (Å²) in [6.45, 7) is 0.396. The molecule has 41 heavy (non-hydrogen) atoms. The van der Waals surface area contributed by atoms with Gasteiger partial charge in [-0.2, -0.15) is 0 Å². The Kier molecular flexibility index (Phi) is 4.36. The third-order valence-electron chi connectivity index (χ3n) is 10.5. The zero-order valence-electron chi connectivity index (χ0n) is 22.6. The number of hydrogen-bond donors (Lipinski definition) is 0. The van der Waals surface area contributed by atoms with Gasteiger partial charge in [0.25, 0.3) is 0 Å². The molecule has 6 unspecified atom stereocenters. The molecule has 6 atom stereocenters. The zero-order valence-corrected chi connectivity index (χ0v) is 22.6. The van der Waals surface area contributed by atoms with E-state index in [0.29, 0.717) is 36.2 Å². The molecule has 0 saturated heterocycles. The second-order valence-electron chi connectivity index (χ2n) is 12.3. The summed E-state index contributed by atoms with van der Waals surface area (Å²) in [5.74, 6) is 2.44. The summed E-state index contributed by atoms with van der Waals surface area (Å²) in [6.07, 6.45) is 29.9. The largest absolute Gasteiger partial charge is 0.487 e. The Balaban J connectivity index is 1.24. The lowest BCUT2D eigenvalue weighted by molar-refractivity contribution is 0.245. The quantitative estimate of drug-likeness (QED) is 0.229. The van der Waals surface area contributed by atoms with E-state index in [0.717, 1.165) is 5.75 Å². The summed E-state index contributed by atoms with van der Waals surface area (Å²) in [4.78, 5) is 0. The van der Waals surface area contributed by atoms with Gasteiger partial charge in [-0.25, -0.2) is 0 Å². The summed E-state index contributed by atoms with van der Waals surface area (Å²) in [6, 6.07) is 21.1. The van der Waals surface area contributed by atoms with Gasteiger partial charge in [-0.05, 0) is 63.9 Å². The number of benzene rings is 3. The first-order valence-corrected chi connectivity index (χ1v) is 15.0. The summed E-state index contributed by atoms with van der Waals surface area (Å²) >= 11 is 0. The van der Waals surface area contributed by atoms with Crippen LogP contribution in [0.1, 0.15) is 28.7 Å². The van der Waals surface area contributed by atoms with Gasteiger partial charge < -0.3 is 9.30 Å². The third-order valence-corrected chi connectivity index (χ3v) is 10.5. The molecule has 0 radical (unpaired) electrons. The first-order valence-electron chi connectivity index (χ1n) is 15.0. The minimum absolute atomic E-state index is 0.101. The highest BCUT2D eigenvalue weighted by molar-refractivity contribution is 6.81. The first kappa shape index (κ1) is 22.2. The van der Waals surface area contributed by atoms with E-state index in [9.17, 15) is 0 Å². The molecular weight excluding hydrogens is 497 g/mol. The van der Waals surface area contributed by atoms with Gasteiger partial charge in [0.2, 0.25) is 6.71 Å². The molecule has 194 valence electrons. The van der Waals surface area contributed by atoms with Crippen LogP contribution < -0.4 is 10.2 Å². The number of aromatic nitrogens is 1. The molecule has 1 aromatic heterocycles. The van der Waals surface area contributed by atoms with Crippen molar-refractivity contribution in [3.63, 3.8) is 0 Å². The van der Waals surface area contributed by atoms with Gasteiger partial charge in [-0.1, -0.05) is 103 Å². The summed E-state index contributed by atoms with van der Waals surface area (Å²) in [5.41, 5.74) is 9.64. The van der Waals surface area contributed by atoms with Crippen molar-refractivity contribution in [3.05, 3.63) is 150 Å². The van der Waals surface area contributed by atoms with E-state index >= 15 is 0 Å². The van der Waals surface area contributed by atoms with Crippen LogP contribution >= 0.6 is 0 Å². The lowest BCUT2D eigenvalue weighted by Crippen LogP contribution is -2.54. The first-order chi connectivity index (χ1) is 20.3. The van der Waals surface area contributed by atoms with E-state index in [1.54, 1.807) is 0 Å². The van der Waals surface area contributed by atoms with Crippen molar-refractivity contribution in [1.82, 2.24) is 4.57 Å². The van der Waals surface area contributed by atoms with Crippen molar-refractivity contribution in [2.75, 3.05) is 0 Å². The molecule has 6 aliphatic rings. The molecule has 0 bridgehead atoms. The van der Waals surface area contributed by atoms with Crippen molar-refractivity contribution < 1.29 is 4.74 Å². The van der Waals surface area contributed by atoms with Crippen LogP contribution in [0.2, 0.25) is 11.6 Å². The van der Waals surface area contributed by atoms with E-state index in [4.69, 9.17) is 4.74 Å². The molecule has 3 heterocycles. The highest BCUT2D eigenvalue weighted by Gasteiger charge is 2.50. The molecule has 0 saturated carbocycles. The average Bonchev–Trinajstić information content (AvgIpc) is 3.37. The van der Waals surface area contributed by atoms with Gasteiger partial charge in [0, 0.05) is 39.5 Å². The van der Waals surface area contributed by atoms with Crippen molar-refractivity contribution in [2.45, 2.75) is 29.7 Å². The van der Waals surface area contributed by atoms with Crippen molar-refractivity contribution >= 4 is 40.1 Å². The van der Waals surface area contributed by atoms with Crippen LogP contribution in [0.25, 0.3) is 27.9 Å². The molecule has 0 spiro atoms. The van der Waals surface area contributed by atoms with Gasteiger partial charge in [0.1, 0.15) is 11.9 Å². The fraction of sp³-hybridized carbons (Fsp3) is 0.158. The second-order valence-corrected chi connectivity index (χ2v) is 12.3. The SMILES string of the molecule is C1=CC2=Cc3ccccc3C(c3ccc4c(c3)c3ccc5c6c3n4C3C=CC=CC3B6C3C=CC=CC3O5)C2C=C1. The van der Waals surface area contributed by atoms with Crippen LogP contribution in [-0.4, -0.2) is 17.4 Å². The summed E-state index contributed by atoms with van der Waals surface area (Å²) in [5, 5.41) is 2.70. The van der Waals surface area contributed by atoms with Crippen LogP contribution in [0.4, 0.5) is 0 Å². The molecule has 3 heteroatoms. The van der Waals surface area contributed by atoms with Crippen LogP contribution in [-0.2, 0) is 0 Å². The molecule has 0 fully saturated rings. The molecule has 10 rings (SSSR count). The molecule has 2 nitrogen and oxygen atoms in total. The Labute approximate surface area is 240 Å². The Morgan fingerprint density at radius 3 is 2.56 bits per heavy atom. The van der Waals surface area contributed by atoms with Gasteiger partial charge in [-0.15, -0.1) is 0 Å². The molecule has 2 aliphatic heterocycles. The molecule has 0 amide bonds. The number of hydrogen-bond acceptors (Lipinski definition) is 1. The predicted octanol–water partition coefficient (Wildman–Crippen LogP) is 8.08. The van der Waals surface area contributed by atoms with E-state index in [-0.39, 0.29) is 6.10 Å². The monoisotopic (exact) mass is 525 g/mol. The predicted molar refractivity (Wildman–Crippen MR) is 170 cm³/mol. The van der Waals surface area contributed by atoms with E-state index in [1.165, 1.54) is 49.5 Å². The lowest BCUT2D eigenvalue weighted by Gasteiger charge is -2.45. The summed E-state index contributed by atoms with van der Waals surface area (Å²) < 4.78 is 9.31. The minimum atomic E-state index is 0.101. The highest BCUT2D eigenvalue weighted by atomic mass is 16.5.